The molecule has 53 heavy (non-hydrogen) atoms. The van der Waals surface area contributed by atoms with Gasteiger partial charge in [0.25, 0.3) is 0 Å². The van der Waals surface area contributed by atoms with E-state index >= 15 is 0 Å². The molecular formula is C37H65NO14S. The Labute approximate surface area is 315 Å². The van der Waals surface area contributed by atoms with Crippen LogP contribution >= 0.6 is 0 Å². The smallest absolute Gasteiger partial charge is 0.311 e. The fourth-order valence-corrected chi connectivity index (χ4v) is 9.52. The predicted octanol–water partition coefficient (Wildman–Crippen LogP) is 2.22. The number of carbonyl (C=O) groups is 1. The Morgan fingerprint density at radius 3 is 2.26 bits per heavy atom. The summed E-state index contributed by atoms with van der Waals surface area (Å²) in [4.78, 5) is 14.3. The number of aliphatic hydroxyl groups is 4. The first-order valence-corrected chi connectivity index (χ1v) is 20.6. The molecule has 2 bridgehead atoms. The minimum atomic E-state index is -3.69. The van der Waals surface area contributed by atoms with E-state index in [1.54, 1.807) is 41.5 Å². The van der Waals surface area contributed by atoms with Gasteiger partial charge in [-0.2, -0.15) is 4.31 Å². The van der Waals surface area contributed by atoms with Crippen LogP contribution in [0.3, 0.4) is 0 Å². The molecule has 16 heteroatoms. The van der Waals surface area contributed by atoms with Crippen molar-refractivity contribution >= 4 is 16.0 Å². The first-order chi connectivity index (χ1) is 24.3. The van der Waals surface area contributed by atoms with Crippen molar-refractivity contribution in [1.29, 1.82) is 0 Å². The molecule has 0 aromatic heterocycles. The lowest BCUT2D eigenvalue weighted by atomic mass is 9.78. The number of rotatable bonds is 10. The van der Waals surface area contributed by atoms with Gasteiger partial charge in [-0.05, 0) is 66.9 Å². The van der Waals surface area contributed by atoms with E-state index in [4.69, 9.17) is 33.2 Å². The zero-order valence-electron chi connectivity index (χ0n) is 33.6. The van der Waals surface area contributed by atoms with E-state index in [0.717, 1.165) is 16.1 Å². The minimum Gasteiger partial charge on any atom is -0.488 e. The Kier molecular flexibility index (Phi) is 13.5. The second-order valence-corrected chi connectivity index (χ2v) is 18.7. The lowest BCUT2D eigenvalue weighted by molar-refractivity contribution is -0.315. The fourth-order valence-electron chi connectivity index (χ4n) is 8.82. The second-order valence-electron chi connectivity index (χ2n) is 16.7. The van der Waals surface area contributed by atoms with Crippen molar-refractivity contribution in [1.82, 2.24) is 4.31 Å². The molecule has 3 saturated heterocycles. The Hall–Kier alpha value is -1.44. The number of methoxy groups -OCH3 is 1. The first kappa shape index (κ1) is 44.3. The zero-order chi connectivity index (χ0) is 40.2. The Bertz CT molecular complexity index is 1440. The van der Waals surface area contributed by atoms with Crippen LogP contribution in [-0.2, 0) is 48.0 Å². The van der Waals surface area contributed by atoms with Gasteiger partial charge in [0.1, 0.15) is 41.4 Å². The number of hydrogen-bond acceptors (Lipinski definition) is 14. The third-order valence-electron chi connectivity index (χ3n) is 12.3. The maximum absolute atomic E-state index is 14.3. The number of ether oxygens (including phenoxy) is 7. The van der Waals surface area contributed by atoms with E-state index in [1.165, 1.54) is 21.1 Å². The molecule has 4 heterocycles. The van der Waals surface area contributed by atoms with Crippen LogP contribution in [0.2, 0.25) is 0 Å². The van der Waals surface area contributed by atoms with Gasteiger partial charge in [0.15, 0.2) is 12.6 Å². The lowest BCUT2D eigenvalue weighted by Crippen LogP contribution is -2.60. The highest BCUT2D eigenvalue weighted by Crippen LogP contribution is 2.48. The Morgan fingerprint density at radius 2 is 1.70 bits per heavy atom. The fraction of sp³-hybridized carbons (Fsp3) is 0.919. The minimum absolute atomic E-state index is 0.114. The highest BCUT2D eigenvalue weighted by Gasteiger charge is 2.57. The topological polar surface area (TPSA) is 200 Å². The molecule has 17 atom stereocenters. The maximum atomic E-state index is 14.3. The van der Waals surface area contributed by atoms with E-state index in [-0.39, 0.29) is 19.3 Å². The monoisotopic (exact) mass is 779 g/mol. The van der Waals surface area contributed by atoms with Gasteiger partial charge in [-0.3, -0.25) is 4.79 Å². The van der Waals surface area contributed by atoms with Crippen molar-refractivity contribution in [3.63, 3.8) is 0 Å². The predicted molar refractivity (Wildman–Crippen MR) is 193 cm³/mol. The number of hydrogen-bond donors (Lipinski definition) is 4. The lowest BCUT2D eigenvalue weighted by Gasteiger charge is -2.48. The molecule has 4 rings (SSSR count). The van der Waals surface area contributed by atoms with Gasteiger partial charge in [-0.15, -0.1) is 0 Å². The number of nitrogens with zero attached hydrogens (tertiary/aromatic N) is 1. The van der Waals surface area contributed by atoms with Crippen molar-refractivity contribution in [3.05, 3.63) is 11.3 Å². The quantitative estimate of drug-likeness (QED) is 0.235. The van der Waals surface area contributed by atoms with Gasteiger partial charge >= 0.3 is 5.97 Å². The number of esters is 1. The van der Waals surface area contributed by atoms with E-state index < -0.39 is 118 Å². The SMILES string of the molecule is CC[C@H](O)[C@@](C)(O)[C@@H]1OC(=O)[C@H](C)[C@@H](O[C@H]2CC(C)(OC)[C@@H](O)C(C)O2)[C@H](C)[C@@H](O[C@@H]2OC(C)CC(N(C)S(C)(=O)=O)C2O)[C@@]2(C)CC(C)=C(O2)[C@@H]1C. The van der Waals surface area contributed by atoms with E-state index in [0.29, 0.717) is 12.2 Å². The average molecular weight is 780 g/mol. The summed E-state index contributed by atoms with van der Waals surface area (Å²) in [6.07, 6.45) is -8.32. The highest BCUT2D eigenvalue weighted by atomic mass is 32.2. The highest BCUT2D eigenvalue weighted by molar-refractivity contribution is 7.88. The molecule has 0 radical (unpaired) electrons. The second kappa shape index (κ2) is 16.2. The zero-order valence-corrected chi connectivity index (χ0v) is 34.5. The molecule has 0 aromatic rings. The summed E-state index contributed by atoms with van der Waals surface area (Å²) in [5, 5.41) is 45.3. The van der Waals surface area contributed by atoms with Crippen LogP contribution in [0.25, 0.3) is 0 Å². The summed E-state index contributed by atoms with van der Waals surface area (Å²) >= 11 is 0. The van der Waals surface area contributed by atoms with Crippen LogP contribution < -0.4 is 0 Å². The van der Waals surface area contributed by atoms with Crippen LogP contribution in [0.5, 0.6) is 0 Å². The molecule has 0 aromatic carbocycles. The molecule has 0 saturated carbocycles. The molecule has 0 amide bonds. The molecule has 5 unspecified atom stereocenters. The van der Waals surface area contributed by atoms with Crippen LogP contribution in [-0.4, -0.2) is 144 Å². The Balaban J connectivity index is 1.84. The van der Waals surface area contributed by atoms with Crippen molar-refractivity contribution in [2.75, 3.05) is 20.4 Å². The van der Waals surface area contributed by atoms with Crippen molar-refractivity contribution in [2.24, 2.45) is 17.8 Å². The van der Waals surface area contributed by atoms with Gasteiger partial charge in [0, 0.05) is 32.9 Å². The summed E-state index contributed by atoms with van der Waals surface area (Å²) in [7, 11) is -0.790. The summed E-state index contributed by atoms with van der Waals surface area (Å²) in [5.74, 6) is -2.70. The van der Waals surface area contributed by atoms with Gasteiger partial charge in [-0.1, -0.05) is 20.8 Å². The number of carbonyl (C=O) groups excluding carboxylic acids is 1. The van der Waals surface area contributed by atoms with Gasteiger partial charge in [0.05, 0.1) is 54.2 Å². The van der Waals surface area contributed by atoms with Crippen molar-refractivity contribution in [2.45, 2.75) is 179 Å². The summed E-state index contributed by atoms with van der Waals surface area (Å²) < 4.78 is 70.8. The maximum Gasteiger partial charge on any atom is 0.311 e. The number of fused-ring (bicyclic) bond motifs is 2. The van der Waals surface area contributed by atoms with Crippen LogP contribution in [0.1, 0.15) is 94.9 Å². The molecule has 308 valence electrons. The molecule has 4 aliphatic heterocycles. The number of aliphatic hydroxyl groups excluding tert-OH is 3. The number of sulfonamides is 1. The van der Waals surface area contributed by atoms with Gasteiger partial charge < -0.3 is 53.6 Å². The third-order valence-corrected chi connectivity index (χ3v) is 13.6. The molecule has 4 aliphatic rings. The van der Waals surface area contributed by atoms with E-state index in [2.05, 4.69) is 0 Å². The average Bonchev–Trinajstić information content (AvgIpc) is 3.39. The summed E-state index contributed by atoms with van der Waals surface area (Å²) in [5.41, 5.74) is -3.28. The van der Waals surface area contributed by atoms with Gasteiger partial charge in [0.2, 0.25) is 10.0 Å². The Morgan fingerprint density at radius 1 is 1.08 bits per heavy atom. The summed E-state index contributed by atoms with van der Waals surface area (Å²) in [6.45, 7) is 17.3. The molecular weight excluding hydrogens is 714 g/mol. The molecule has 4 N–H and O–H groups in total. The molecule has 3 fully saturated rings. The molecule has 0 aliphatic carbocycles. The van der Waals surface area contributed by atoms with Crippen LogP contribution in [0, 0.1) is 17.8 Å². The van der Waals surface area contributed by atoms with Crippen LogP contribution in [0.4, 0.5) is 0 Å². The van der Waals surface area contributed by atoms with E-state index in [1.807, 2.05) is 20.8 Å². The summed E-state index contributed by atoms with van der Waals surface area (Å²) in [6, 6.07) is -0.853. The third kappa shape index (κ3) is 8.78. The largest absolute Gasteiger partial charge is 0.488 e. The standard InChI is InChI=1S/C37H65NO14S/c1-14-25(39)37(10,43)32-20(4)28-18(2)16-36(9,52-28)31(51-34-27(40)24(15-19(3)47-34)38(11)53(13,44)45)21(5)29(22(6)33(42)50-32)49-26-17-35(8,46-12)30(41)23(7)48-26/h19-27,29-32,34,39-41,43H,14-17H2,1-13H3/t19?,20-,21-,22+,23?,24?,25-,26-,27?,29-,30-,31+,32+,34-,35?,36+,37+/m0/s1. The number of likely N-dealkylation sites (N-methyl/N-ethyl adjacent to an activating group) is 1. The van der Waals surface area contributed by atoms with E-state index in [9.17, 15) is 33.6 Å². The molecule has 15 nitrogen and oxygen atoms in total. The van der Waals surface area contributed by atoms with Gasteiger partial charge in [-0.25, -0.2) is 8.42 Å². The van der Waals surface area contributed by atoms with Crippen molar-refractivity contribution < 1.29 is 66.8 Å². The first-order valence-electron chi connectivity index (χ1n) is 18.8. The van der Waals surface area contributed by atoms with Crippen LogP contribution in [0.15, 0.2) is 11.3 Å². The normalized spacial score (nSPS) is 44.9. The van der Waals surface area contributed by atoms with Crippen molar-refractivity contribution in [3.8, 4) is 0 Å². The molecule has 0 spiro atoms. The number of cyclic esters (lactones) is 1.